The van der Waals surface area contributed by atoms with Crippen molar-refractivity contribution >= 4 is 19.8 Å². The van der Waals surface area contributed by atoms with Gasteiger partial charge in [-0.05, 0) is 36.1 Å². The van der Waals surface area contributed by atoms with Crippen molar-refractivity contribution in [3.63, 3.8) is 0 Å². The van der Waals surface area contributed by atoms with E-state index in [9.17, 15) is 0 Å². The zero-order valence-corrected chi connectivity index (χ0v) is 15.6. The number of rotatable bonds is 4. The lowest BCUT2D eigenvalue weighted by Crippen LogP contribution is -2.00. The summed E-state index contributed by atoms with van der Waals surface area (Å²) >= 11 is 0. The number of hydrogen-bond donors (Lipinski definition) is 2. The minimum Gasteiger partial charge on any atom is -0.384 e. The summed E-state index contributed by atoms with van der Waals surface area (Å²) in [5.74, 6) is 1.51. The van der Waals surface area contributed by atoms with E-state index in [2.05, 4.69) is 73.0 Å². The molecule has 2 nitrogen and oxygen atoms in total. The zero-order valence-electron chi connectivity index (χ0n) is 15.6. The monoisotopic (exact) mass is 333 g/mol. The lowest BCUT2D eigenvalue weighted by molar-refractivity contribution is 0.661. The molecular formula is C22H30BN2. The quantitative estimate of drug-likeness (QED) is 0.711. The van der Waals surface area contributed by atoms with Gasteiger partial charge in [0.25, 0.3) is 0 Å². The summed E-state index contributed by atoms with van der Waals surface area (Å²) in [5, 5.41) is 6.87. The van der Waals surface area contributed by atoms with Gasteiger partial charge in [0, 0.05) is 44.7 Å². The Labute approximate surface area is 155 Å². The predicted octanol–water partition coefficient (Wildman–Crippen LogP) is 5.61. The van der Waals surface area contributed by atoms with Gasteiger partial charge >= 0.3 is 0 Å². The first-order valence-corrected chi connectivity index (χ1v) is 9.49. The summed E-state index contributed by atoms with van der Waals surface area (Å²) in [7, 11) is 0. The fourth-order valence-corrected chi connectivity index (χ4v) is 3.93. The van der Waals surface area contributed by atoms with Crippen LogP contribution in [-0.2, 0) is 0 Å². The molecule has 0 saturated carbocycles. The molecule has 0 aromatic heterocycles. The summed E-state index contributed by atoms with van der Waals surface area (Å²) in [4.78, 5) is 0. The Balaban J connectivity index is 0.000000173. The maximum absolute atomic E-state index is 3.44. The number of nitrogens with one attached hydrogen (secondary N) is 2. The van der Waals surface area contributed by atoms with E-state index < -0.39 is 0 Å². The average Bonchev–Trinajstić information content (AvgIpc) is 3.22. The van der Waals surface area contributed by atoms with Crippen LogP contribution in [0.1, 0.15) is 62.5 Å². The molecule has 0 bridgehead atoms. The van der Waals surface area contributed by atoms with Gasteiger partial charge in [-0.15, -0.1) is 0 Å². The fraction of sp³-hybridized carbons (Fsp3) is 0.455. The van der Waals surface area contributed by atoms with Crippen LogP contribution in [0.5, 0.6) is 0 Å². The Kier molecular flexibility index (Phi) is 7.42. The second-order valence-electron chi connectivity index (χ2n) is 6.91. The molecule has 0 amide bonds. The smallest absolute Gasteiger partial charge is 0.0376 e. The van der Waals surface area contributed by atoms with Crippen molar-refractivity contribution in [3.8, 4) is 0 Å². The highest BCUT2D eigenvalue weighted by Crippen LogP contribution is 2.34. The molecule has 4 rings (SSSR count). The van der Waals surface area contributed by atoms with E-state index in [0.717, 1.165) is 24.9 Å². The van der Waals surface area contributed by atoms with Crippen LogP contribution in [0.2, 0.25) is 0 Å². The number of hydrogen-bond acceptors (Lipinski definition) is 2. The maximum Gasteiger partial charge on any atom is 0.0376 e. The first-order valence-electron chi connectivity index (χ1n) is 9.49. The Bertz CT molecular complexity index is 594. The Hall–Kier alpha value is -1.90. The molecule has 3 heteroatoms. The number of fused-ring (bicyclic) bond motifs is 2. The summed E-state index contributed by atoms with van der Waals surface area (Å²) < 4.78 is 0. The molecule has 2 aliphatic heterocycles. The lowest BCUT2D eigenvalue weighted by atomic mass is 9.97. The molecule has 25 heavy (non-hydrogen) atoms. The molecule has 2 unspecified atom stereocenters. The second-order valence-corrected chi connectivity index (χ2v) is 6.91. The molecule has 131 valence electrons. The summed E-state index contributed by atoms with van der Waals surface area (Å²) in [6, 6.07) is 17.3. The van der Waals surface area contributed by atoms with Crippen LogP contribution < -0.4 is 10.6 Å². The maximum atomic E-state index is 3.44. The first-order chi connectivity index (χ1) is 11.8. The minimum absolute atomic E-state index is 0. The van der Waals surface area contributed by atoms with Gasteiger partial charge in [0.1, 0.15) is 0 Å². The van der Waals surface area contributed by atoms with E-state index in [1.807, 2.05) is 0 Å². The topological polar surface area (TPSA) is 24.1 Å². The van der Waals surface area contributed by atoms with E-state index in [1.165, 1.54) is 48.2 Å². The molecule has 0 aliphatic carbocycles. The molecule has 3 radical (unpaired) electrons. The Morgan fingerprint density at radius 1 is 0.720 bits per heavy atom. The summed E-state index contributed by atoms with van der Waals surface area (Å²) in [6.45, 7) is 6.77. The van der Waals surface area contributed by atoms with Gasteiger partial charge in [-0.2, -0.15) is 0 Å². The lowest BCUT2D eigenvalue weighted by Gasteiger charge is -2.06. The third-order valence-corrected chi connectivity index (χ3v) is 5.15. The van der Waals surface area contributed by atoms with Crippen LogP contribution in [0.15, 0.2) is 48.5 Å². The van der Waals surface area contributed by atoms with E-state index >= 15 is 0 Å². The second kappa shape index (κ2) is 9.55. The van der Waals surface area contributed by atoms with E-state index in [1.54, 1.807) is 0 Å². The number of anilines is 2. The molecule has 2 aliphatic rings. The average molecular weight is 333 g/mol. The van der Waals surface area contributed by atoms with Gasteiger partial charge < -0.3 is 10.6 Å². The molecule has 2 N–H and O–H groups in total. The van der Waals surface area contributed by atoms with Crippen LogP contribution in [0, 0.1) is 0 Å². The van der Waals surface area contributed by atoms with Crippen LogP contribution in [0.25, 0.3) is 0 Å². The normalized spacial score (nSPS) is 19.4. The molecule has 2 atom stereocenters. The van der Waals surface area contributed by atoms with Crippen molar-refractivity contribution in [3.05, 3.63) is 59.7 Å². The third-order valence-electron chi connectivity index (χ3n) is 5.15. The molecular weight excluding hydrogens is 303 g/mol. The van der Waals surface area contributed by atoms with Crippen molar-refractivity contribution < 1.29 is 0 Å². The van der Waals surface area contributed by atoms with Gasteiger partial charge in [0.15, 0.2) is 0 Å². The van der Waals surface area contributed by atoms with E-state index in [-0.39, 0.29) is 8.41 Å². The minimum atomic E-state index is 0. The van der Waals surface area contributed by atoms with Crippen molar-refractivity contribution in [2.75, 3.05) is 23.7 Å². The van der Waals surface area contributed by atoms with Crippen LogP contribution in [0.3, 0.4) is 0 Å². The van der Waals surface area contributed by atoms with Crippen molar-refractivity contribution in [1.82, 2.24) is 0 Å². The SMILES string of the molecule is CCCC1CNc2ccccc21.CCCC1CNc2ccccc21.[B]. The van der Waals surface area contributed by atoms with Gasteiger partial charge in [-0.1, -0.05) is 63.1 Å². The predicted molar refractivity (Wildman–Crippen MR) is 111 cm³/mol. The van der Waals surface area contributed by atoms with Crippen LogP contribution in [0.4, 0.5) is 11.4 Å². The van der Waals surface area contributed by atoms with Gasteiger partial charge in [0.2, 0.25) is 0 Å². The first kappa shape index (κ1) is 19.4. The highest BCUT2D eigenvalue weighted by molar-refractivity contribution is 5.75. The number of para-hydroxylation sites is 2. The fourth-order valence-electron chi connectivity index (χ4n) is 3.93. The molecule has 0 spiro atoms. The molecule has 0 fully saturated rings. The van der Waals surface area contributed by atoms with E-state index in [0.29, 0.717) is 0 Å². The van der Waals surface area contributed by atoms with Gasteiger partial charge in [0.05, 0.1) is 0 Å². The van der Waals surface area contributed by atoms with Crippen molar-refractivity contribution in [1.29, 1.82) is 0 Å². The molecule has 2 aromatic rings. The summed E-state index contributed by atoms with van der Waals surface area (Å²) in [5.41, 5.74) is 5.71. The van der Waals surface area contributed by atoms with Crippen molar-refractivity contribution in [2.45, 2.75) is 51.4 Å². The van der Waals surface area contributed by atoms with Crippen molar-refractivity contribution in [2.24, 2.45) is 0 Å². The molecule has 2 heterocycles. The number of benzene rings is 2. The van der Waals surface area contributed by atoms with Gasteiger partial charge in [-0.3, -0.25) is 0 Å². The van der Waals surface area contributed by atoms with Crippen LogP contribution in [-0.4, -0.2) is 21.5 Å². The highest BCUT2D eigenvalue weighted by Gasteiger charge is 2.20. The Morgan fingerprint density at radius 3 is 1.52 bits per heavy atom. The largest absolute Gasteiger partial charge is 0.384 e. The van der Waals surface area contributed by atoms with E-state index in [4.69, 9.17) is 0 Å². The highest BCUT2D eigenvalue weighted by atomic mass is 14.9. The third kappa shape index (κ3) is 4.59. The summed E-state index contributed by atoms with van der Waals surface area (Å²) in [6.07, 6.45) is 5.18. The Morgan fingerprint density at radius 2 is 1.12 bits per heavy atom. The van der Waals surface area contributed by atoms with Crippen LogP contribution >= 0.6 is 0 Å². The molecule has 2 aromatic carbocycles. The standard InChI is InChI=1S/2C11H15N.B/c2*1-2-5-9-8-12-11-7-4-3-6-10(9)11;/h2*3-4,6-7,9,12H,2,5,8H2,1H3;. The molecule has 0 saturated heterocycles. The van der Waals surface area contributed by atoms with Gasteiger partial charge in [-0.25, -0.2) is 0 Å². The zero-order chi connectivity index (χ0) is 16.8.